The Kier molecular flexibility index (Phi) is 4.41. The van der Waals surface area contributed by atoms with E-state index < -0.39 is 0 Å². The van der Waals surface area contributed by atoms with Gasteiger partial charge in [0.1, 0.15) is 0 Å². The van der Waals surface area contributed by atoms with Crippen LogP contribution in [0.2, 0.25) is 0 Å². The zero-order chi connectivity index (χ0) is 13.9. The van der Waals surface area contributed by atoms with Gasteiger partial charge in [0.05, 0.1) is 0 Å². The van der Waals surface area contributed by atoms with Gasteiger partial charge in [-0.3, -0.25) is 4.90 Å². The zero-order valence-electron chi connectivity index (χ0n) is 11.8. The molecule has 0 radical (unpaired) electrons. The molecule has 1 saturated heterocycles. The van der Waals surface area contributed by atoms with Crippen LogP contribution in [0.25, 0.3) is 0 Å². The summed E-state index contributed by atoms with van der Waals surface area (Å²) in [7, 11) is 0. The van der Waals surface area contributed by atoms with Gasteiger partial charge < -0.3 is 0 Å². The number of aryl methyl sites for hydroxylation is 1. The van der Waals surface area contributed by atoms with Gasteiger partial charge in [0.15, 0.2) is 0 Å². The summed E-state index contributed by atoms with van der Waals surface area (Å²) < 4.78 is 0.753. The lowest BCUT2D eigenvalue weighted by atomic mass is 10.0. The summed E-state index contributed by atoms with van der Waals surface area (Å²) in [4.78, 5) is 2.62. The van der Waals surface area contributed by atoms with E-state index in [-0.39, 0.29) is 0 Å². The van der Waals surface area contributed by atoms with Crippen molar-refractivity contribution >= 4 is 22.6 Å². The van der Waals surface area contributed by atoms with Gasteiger partial charge in [0.25, 0.3) is 0 Å². The number of rotatable bonds is 3. The van der Waals surface area contributed by atoms with Crippen molar-refractivity contribution in [1.82, 2.24) is 4.90 Å². The van der Waals surface area contributed by atoms with Crippen molar-refractivity contribution in [2.24, 2.45) is 0 Å². The quantitative estimate of drug-likeness (QED) is 0.552. The van der Waals surface area contributed by atoms with Gasteiger partial charge in [-0.25, -0.2) is 0 Å². The fourth-order valence-electron chi connectivity index (χ4n) is 2.97. The second kappa shape index (κ2) is 6.27. The van der Waals surface area contributed by atoms with E-state index in [0.29, 0.717) is 6.04 Å². The number of alkyl halides is 1. The maximum absolute atomic E-state index is 2.62. The third-order valence-electron chi connectivity index (χ3n) is 4.04. The molecule has 3 rings (SSSR count). The zero-order valence-corrected chi connectivity index (χ0v) is 14.0. The van der Waals surface area contributed by atoms with Gasteiger partial charge in [-0.1, -0.05) is 82.8 Å². The Morgan fingerprint density at radius 1 is 1.05 bits per heavy atom. The molecule has 1 aliphatic heterocycles. The van der Waals surface area contributed by atoms with Crippen LogP contribution in [0.3, 0.4) is 0 Å². The predicted octanol–water partition coefficient (Wildman–Crippen LogP) is 4.75. The molecule has 0 N–H and O–H groups in total. The van der Waals surface area contributed by atoms with Crippen molar-refractivity contribution in [2.45, 2.75) is 29.9 Å². The summed E-state index contributed by atoms with van der Waals surface area (Å²) in [5.74, 6) is 0. The van der Waals surface area contributed by atoms with Crippen molar-refractivity contribution < 1.29 is 0 Å². The normalized spacial score (nSPS) is 23.1. The van der Waals surface area contributed by atoms with E-state index in [9.17, 15) is 0 Å². The lowest BCUT2D eigenvalue weighted by molar-refractivity contribution is 0.249. The van der Waals surface area contributed by atoms with E-state index in [0.717, 1.165) is 10.5 Å². The second-order valence-corrected chi connectivity index (χ2v) is 7.44. The van der Waals surface area contributed by atoms with Crippen molar-refractivity contribution in [3.8, 4) is 0 Å². The third-order valence-corrected chi connectivity index (χ3v) is 4.95. The van der Waals surface area contributed by atoms with E-state index in [1.807, 2.05) is 0 Å². The van der Waals surface area contributed by atoms with Crippen LogP contribution in [-0.2, 0) is 6.54 Å². The summed E-state index contributed by atoms with van der Waals surface area (Å²) in [6.07, 6.45) is 1.26. The molecule has 0 unspecified atom stereocenters. The van der Waals surface area contributed by atoms with E-state index >= 15 is 0 Å². The molecule has 2 heteroatoms. The summed E-state index contributed by atoms with van der Waals surface area (Å²) in [6.45, 7) is 4.39. The van der Waals surface area contributed by atoms with Crippen LogP contribution in [0.15, 0.2) is 54.6 Å². The van der Waals surface area contributed by atoms with Crippen LogP contribution in [0, 0.1) is 6.92 Å². The molecule has 1 aliphatic rings. The summed E-state index contributed by atoms with van der Waals surface area (Å²) in [6, 6.07) is 20.5. The molecule has 20 heavy (non-hydrogen) atoms. The van der Waals surface area contributed by atoms with Gasteiger partial charge in [0, 0.05) is 23.1 Å². The van der Waals surface area contributed by atoms with Crippen molar-refractivity contribution in [3.63, 3.8) is 0 Å². The number of hydrogen-bond acceptors (Lipinski definition) is 1. The predicted molar refractivity (Wildman–Crippen MR) is 93.2 cm³/mol. The number of likely N-dealkylation sites (tertiary alicyclic amines) is 1. The molecule has 2 atom stereocenters. The maximum atomic E-state index is 2.62. The Hall–Kier alpha value is -0.870. The average molecular weight is 377 g/mol. The minimum Gasteiger partial charge on any atom is -0.291 e. The molecule has 0 saturated carbocycles. The van der Waals surface area contributed by atoms with Crippen LogP contribution in [-0.4, -0.2) is 15.4 Å². The highest BCUT2D eigenvalue weighted by atomic mass is 127. The molecular weight excluding hydrogens is 357 g/mol. The van der Waals surface area contributed by atoms with Crippen LogP contribution in [0.4, 0.5) is 0 Å². The monoisotopic (exact) mass is 377 g/mol. The Labute approximate surface area is 135 Å². The van der Waals surface area contributed by atoms with Gasteiger partial charge >= 0.3 is 0 Å². The Balaban J connectivity index is 1.78. The second-order valence-electron chi connectivity index (χ2n) is 5.67. The first kappa shape index (κ1) is 14.1. The maximum Gasteiger partial charge on any atom is 0.0362 e. The first-order chi connectivity index (χ1) is 9.72. The number of hydrogen-bond donors (Lipinski definition) is 0. The van der Waals surface area contributed by atoms with E-state index in [2.05, 4.69) is 89.0 Å². The lowest BCUT2D eigenvalue weighted by Crippen LogP contribution is -2.23. The minimum atomic E-state index is 0.569. The minimum absolute atomic E-state index is 0.569. The van der Waals surface area contributed by atoms with Gasteiger partial charge in [-0.2, -0.15) is 0 Å². The van der Waals surface area contributed by atoms with Gasteiger partial charge in [0.2, 0.25) is 0 Å². The first-order valence-corrected chi connectivity index (χ1v) is 8.45. The van der Waals surface area contributed by atoms with Crippen LogP contribution in [0.1, 0.15) is 29.2 Å². The molecule has 1 fully saturated rings. The molecule has 0 spiro atoms. The summed E-state index contributed by atoms with van der Waals surface area (Å²) >= 11 is 2.60. The highest BCUT2D eigenvalue weighted by Crippen LogP contribution is 2.36. The molecule has 0 aromatic heterocycles. The smallest absolute Gasteiger partial charge is 0.0362 e. The average Bonchev–Trinajstić information content (AvgIpc) is 2.83. The highest BCUT2D eigenvalue weighted by molar-refractivity contribution is 14.1. The Bertz CT molecular complexity index is 549. The highest BCUT2D eigenvalue weighted by Gasteiger charge is 2.31. The topological polar surface area (TPSA) is 3.24 Å². The van der Waals surface area contributed by atoms with E-state index in [1.165, 1.54) is 29.7 Å². The van der Waals surface area contributed by atoms with E-state index in [4.69, 9.17) is 0 Å². The molecule has 0 amide bonds. The number of benzene rings is 2. The molecule has 104 valence electrons. The molecule has 0 bridgehead atoms. The first-order valence-electron chi connectivity index (χ1n) is 7.21. The summed E-state index contributed by atoms with van der Waals surface area (Å²) in [5, 5.41) is 0. The Morgan fingerprint density at radius 3 is 2.45 bits per heavy atom. The van der Waals surface area contributed by atoms with Crippen LogP contribution < -0.4 is 0 Å². The van der Waals surface area contributed by atoms with Gasteiger partial charge in [-0.05, 0) is 24.5 Å². The molecule has 1 heterocycles. The Morgan fingerprint density at radius 2 is 1.75 bits per heavy atom. The molecule has 1 nitrogen and oxygen atoms in total. The van der Waals surface area contributed by atoms with Crippen LogP contribution in [0.5, 0.6) is 0 Å². The number of halogens is 1. The standard InChI is InChI=1S/C18H20IN/c1-14-7-9-15(10-8-14)12-20-13-17(19)11-18(20)16-5-3-2-4-6-16/h2-10,17-18H,11-13H2,1H3/t17-,18-/m1/s1. The van der Waals surface area contributed by atoms with Crippen molar-refractivity contribution in [1.29, 1.82) is 0 Å². The SMILES string of the molecule is Cc1ccc(CN2C[C@H](I)C[C@@H]2c2ccccc2)cc1. The number of nitrogens with zero attached hydrogens (tertiary/aromatic N) is 1. The molecular formula is C18H20IN. The third kappa shape index (κ3) is 3.23. The molecule has 2 aromatic carbocycles. The largest absolute Gasteiger partial charge is 0.291 e. The van der Waals surface area contributed by atoms with Crippen molar-refractivity contribution in [3.05, 3.63) is 71.3 Å². The summed E-state index contributed by atoms with van der Waals surface area (Å²) in [5.41, 5.74) is 4.21. The van der Waals surface area contributed by atoms with Crippen LogP contribution >= 0.6 is 22.6 Å². The molecule has 2 aromatic rings. The fraction of sp³-hybridized carbons (Fsp3) is 0.333. The van der Waals surface area contributed by atoms with Gasteiger partial charge in [-0.15, -0.1) is 0 Å². The van der Waals surface area contributed by atoms with Crippen molar-refractivity contribution in [2.75, 3.05) is 6.54 Å². The molecule has 0 aliphatic carbocycles. The van der Waals surface area contributed by atoms with E-state index in [1.54, 1.807) is 0 Å². The lowest BCUT2D eigenvalue weighted by Gasteiger charge is -2.24. The fourth-order valence-corrected chi connectivity index (χ4v) is 3.96.